The van der Waals surface area contributed by atoms with Crippen molar-refractivity contribution in [2.24, 2.45) is 5.92 Å². The Labute approximate surface area is 157 Å². The van der Waals surface area contributed by atoms with Gasteiger partial charge in [-0.1, -0.05) is 6.07 Å². The fourth-order valence-corrected chi connectivity index (χ4v) is 2.64. The number of anilines is 3. The number of aromatic nitrogens is 3. The topological polar surface area (TPSA) is 121 Å². The van der Waals surface area contributed by atoms with Crippen molar-refractivity contribution < 1.29 is 9.59 Å². The van der Waals surface area contributed by atoms with Crippen molar-refractivity contribution in [1.29, 1.82) is 0 Å². The monoisotopic (exact) mass is 369 g/mol. The zero-order chi connectivity index (χ0) is 19.1. The Bertz CT molecular complexity index is 767. The van der Waals surface area contributed by atoms with E-state index in [4.69, 9.17) is 0 Å². The van der Waals surface area contributed by atoms with Crippen LogP contribution in [0.5, 0.6) is 0 Å². The number of nitrogens with zero attached hydrogens (tertiary/aromatic N) is 3. The summed E-state index contributed by atoms with van der Waals surface area (Å²) in [6.07, 6.45) is 2.78. The van der Waals surface area contributed by atoms with Gasteiger partial charge in [0.2, 0.25) is 11.8 Å². The van der Waals surface area contributed by atoms with Gasteiger partial charge in [0, 0.05) is 32.3 Å². The number of hydrogen-bond acceptors (Lipinski definition) is 7. The second-order valence-electron chi connectivity index (χ2n) is 6.41. The molecule has 0 radical (unpaired) electrons. The molecule has 3 rings (SSSR count). The molecule has 2 aromatic heterocycles. The molecule has 1 aliphatic rings. The summed E-state index contributed by atoms with van der Waals surface area (Å²) in [6.45, 7) is 3.39. The Morgan fingerprint density at radius 2 is 1.93 bits per heavy atom. The Kier molecular flexibility index (Phi) is 6.14. The van der Waals surface area contributed by atoms with Crippen LogP contribution in [0, 0.1) is 12.8 Å². The third-order valence-corrected chi connectivity index (χ3v) is 4.20. The van der Waals surface area contributed by atoms with E-state index in [1.165, 1.54) is 0 Å². The predicted molar refractivity (Wildman–Crippen MR) is 102 cm³/mol. The average molecular weight is 369 g/mol. The minimum Gasteiger partial charge on any atom is -0.367 e. The first-order valence-electron chi connectivity index (χ1n) is 8.92. The Morgan fingerprint density at radius 1 is 1.15 bits per heavy atom. The highest BCUT2D eigenvalue weighted by atomic mass is 16.2. The second kappa shape index (κ2) is 8.93. The molecule has 3 heterocycles. The van der Waals surface area contributed by atoms with Gasteiger partial charge in [0.1, 0.15) is 11.6 Å². The molecule has 27 heavy (non-hydrogen) atoms. The summed E-state index contributed by atoms with van der Waals surface area (Å²) in [5.74, 6) is 1.75. The quantitative estimate of drug-likeness (QED) is 0.537. The van der Waals surface area contributed by atoms with Gasteiger partial charge in [-0.25, -0.2) is 4.98 Å². The van der Waals surface area contributed by atoms with Gasteiger partial charge in [-0.15, -0.1) is 10.2 Å². The number of nitrogens with one attached hydrogen (secondary N) is 4. The number of piperidine rings is 1. The third kappa shape index (κ3) is 5.63. The summed E-state index contributed by atoms with van der Waals surface area (Å²) < 4.78 is 0. The van der Waals surface area contributed by atoms with Crippen LogP contribution in [0.1, 0.15) is 18.4 Å². The maximum absolute atomic E-state index is 12.0. The average Bonchev–Trinajstić information content (AvgIpc) is 2.68. The van der Waals surface area contributed by atoms with Gasteiger partial charge < -0.3 is 21.3 Å². The van der Waals surface area contributed by atoms with E-state index in [1.54, 1.807) is 12.3 Å². The van der Waals surface area contributed by atoms with Crippen LogP contribution in [0.15, 0.2) is 30.5 Å². The van der Waals surface area contributed by atoms with E-state index in [-0.39, 0.29) is 17.7 Å². The van der Waals surface area contributed by atoms with Crippen LogP contribution in [0.25, 0.3) is 0 Å². The van der Waals surface area contributed by atoms with Gasteiger partial charge in [-0.3, -0.25) is 9.59 Å². The van der Waals surface area contributed by atoms with E-state index in [0.29, 0.717) is 49.9 Å². The minimum absolute atomic E-state index is 0.00962. The molecular weight excluding hydrogens is 346 g/mol. The van der Waals surface area contributed by atoms with Crippen molar-refractivity contribution in [3.05, 3.63) is 36.0 Å². The lowest BCUT2D eigenvalue weighted by Crippen LogP contribution is -2.43. The number of amides is 2. The first kappa shape index (κ1) is 18.6. The van der Waals surface area contributed by atoms with Crippen molar-refractivity contribution in [2.75, 3.05) is 30.3 Å². The first-order valence-corrected chi connectivity index (χ1v) is 8.92. The molecule has 0 bridgehead atoms. The molecule has 1 unspecified atom stereocenters. The number of rotatable bonds is 7. The number of carbonyl (C=O) groups excluding carboxylic acids is 2. The van der Waals surface area contributed by atoms with E-state index >= 15 is 0 Å². The highest BCUT2D eigenvalue weighted by Gasteiger charge is 2.23. The fourth-order valence-electron chi connectivity index (χ4n) is 2.64. The molecule has 142 valence electrons. The predicted octanol–water partition coefficient (Wildman–Crippen LogP) is 0.978. The van der Waals surface area contributed by atoms with Crippen molar-refractivity contribution in [3.63, 3.8) is 0 Å². The summed E-state index contributed by atoms with van der Waals surface area (Å²) in [7, 11) is 0. The molecule has 1 aliphatic heterocycles. The number of aryl methyl sites for hydroxylation is 1. The normalized spacial score (nSPS) is 16.3. The molecule has 0 aromatic carbocycles. The van der Waals surface area contributed by atoms with Crippen molar-refractivity contribution in [3.8, 4) is 0 Å². The van der Waals surface area contributed by atoms with Crippen LogP contribution in [-0.2, 0) is 9.59 Å². The molecule has 9 nitrogen and oxygen atoms in total. The lowest BCUT2D eigenvalue weighted by molar-refractivity contribution is -0.128. The molecule has 1 fully saturated rings. The summed E-state index contributed by atoms with van der Waals surface area (Å²) >= 11 is 0. The van der Waals surface area contributed by atoms with Crippen LogP contribution in [-0.4, -0.2) is 46.6 Å². The smallest absolute Gasteiger partial charge is 0.224 e. The SMILES string of the molecule is Cc1ccc(Nc2ccc(NCCNC(=O)C3CCC(=O)NC3)nn2)nc1. The lowest BCUT2D eigenvalue weighted by atomic mass is 9.98. The molecule has 0 aliphatic carbocycles. The van der Waals surface area contributed by atoms with Crippen LogP contribution in [0.2, 0.25) is 0 Å². The second-order valence-corrected chi connectivity index (χ2v) is 6.41. The summed E-state index contributed by atoms with van der Waals surface area (Å²) in [5.41, 5.74) is 1.09. The van der Waals surface area contributed by atoms with E-state index in [0.717, 1.165) is 5.56 Å². The Hall–Kier alpha value is -3.23. The fraction of sp³-hybridized carbons (Fsp3) is 0.389. The van der Waals surface area contributed by atoms with Gasteiger partial charge in [-0.05, 0) is 37.1 Å². The largest absolute Gasteiger partial charge is 0.367 e. The number of pyridine rings is 1. The van der Waals surface area contributed by atoms with Crippen LogP contribution >= 0.6 is 0 Å². The number of carbonyl (C=O) groups is 2. The molecule has 1 atom stereocenters. The maximum Gasteiger partial charge on any atom is 0.224 e. The van der Waals surface area contributed by atoms with E-state index in [9.17, 15) is 9.59 Å². The molecule has 0 spiro atoms. The Morgan fingerprint density at radius 3 is 2.59 bits per heavy atom. The van der Waals surface area contributed by atoms with Crippen molar-refractivity contribution in [2.45, 2.75) is 19.8 Å². The summed E-state index contributed by atoms with van der Waals surface area (Å²) in [5, 5.41) is 20.0. The van der Waals surface area contributed by atoms with Gasteiger partial charge >= 0.3 is 0 Å². The Balaban J connectivity index is 1.38. The van der Waals surface area contributed by atoms with E-state index < -0.39 is 0 Å². The van der Waals surface area contributed by atoms with Crippen molar-refractivity contribution in [1.82, 2.24) is 25.8 Å². The number of hydrogen-bond donors (Lipinski definition) is 4. The standard InChI is InChI=1S/C18H23N7O2/c1-12-2-4-14(21-10-12)23-16-6-5-15(24-25-16)19-8-9-20-18(27)13-3-7-17(26)22-11-13/h2,4-6,10,13H,3,7-9,11H2,1H3,(H,19,24)(H,20,27)(H,22,26)(H,21,23,25). The van der Waals surface area contributed by atoms with E-state index in [1.807, 2.05) is 25.1 Å². The van der Waals surface area contributed by atoms with Gasteiger partial charge in [0.05, 0.1) is 5.92 Å². The molecule has 2 aromatic rings. The molecular formula is C18H23N7O2. The highest BCUT2D eigenvalue weighted by Crippen LogP contribution is 2.13. The first-order chi connectivity index (χ1) is 13.1. The van der Waals surface area contributed by atoms with Crippen LogP contribution in [0.4, 0.5) is 17.5 Å². The molecule has 9 heteroatoms. The third-order valence-electron chi connectivity index (χ3n) is 4.20. The molecule has 1 saturated heterocycles. The summed E-state index contributed by atoms with van der Waals surface area (Å²) in [6, 6.07) is 7.46. The zero-order valence-corrected chi connectivity index (χ0v) is 15.2. The molecule has 4 N–H and O–H groups in total. The van der Waals surface area contributed by atoms with Gasteiger partial charge in [-0.2, -0.15) is 0 Å². The molecule has 0 saturated carbocycles. The lowest BCUT2D eigenvalue weighted by Gasteiger charge is -2.21. The maximum atomic E-state index is 12.0. The highest BCUT2D eigenvalue weighted by molar-refractivity contribution is 5.83. The zero-order valence-electron chi connectivity index (χ0n) is 15.2. The summed E-state index contributed by atoms with van der Waals surface area (Å²) in [4.78, 5) is 27.4. The van der Waals surface area contributed by atoms with E-state index in [2.05, 4.69) is 36.4 Å². The molecule has 2 amide bonds. The van der Waals surface area contributed by atoms with Crippen LogP contribution < -0.4 is 21.3 Å². The van der Waals surface area contributed by atoms with Gasteiger partial charge in [0.15, 0.2) is 5.82 Å². The van der Waals surface area contributed by atoms with Crippen LogP contribution in [0.3, 0.4) is 0 Å². The van der Waals surface area contributed by atoms with Gasteiger partial charge in [0.25, 0.3) is 0 Å². The minimum atomic E-state index is -0.150. The van der Waals surface area contributed by atoms with Crippen molar-refractivity contribution >= 4 is 29.3 Å².